The van der Waals surface area contributed by atoms with Crippen molar-refractivity contribution in [2.75, 3.05) is 5.32 Å². The van der Waals surface area contributed by atoms with Gasteiger partial charge in [-0.1, -0.05) is 29.3 Å². The lowest BCUT2D eigenvalue weighted by Gasteiger charge is -2.09. The zero-order valence-electron chi connectivity index (χ0n) is 11.2. The Morgan fingerprint density at radius 1 is 1.36 bits per heavy atom. The first-order valence-electron chi connectivity index (χ1n) is 6.51. The van der Waals surface area contributed by atoms with Crippen molar-refractivity contribution < 1.29 is 9.18 Å². The molecule has 0 spiro atoms. The smallest absolute Gasteiger partial charge is 0.252 e. The Labute approximate surface area is 135 Å². The van der Waals surface area contributed by atoms with Crippen LogP contribution in [0.5, 0.6) is 0 Å². The van der Waals surface area contributed by atoms with E-state index in [4.69, 9.17) is 28.9 Å². The van der Waals surface area contributed by atoms with Gasteiger partial charge in [0.2, 0.25) is 0 Å². The van der Waals surface area contributed by atoms with Gasteiger partial charge in [-0.2, -0.15) is 0 Å². The highest BCUT2D eigenvalue weighted by Crippen LogP contribution is 2.46. The summed E-state index contributed by atoms with van der Waals surface area (Å²) in [5.74, 6) is -0.872. The molecule has 0 saturated heterocycles. The molecule has 1 aliphatic rings. The number of primary amides is 1. The molecule has 2 atom stereocenters. The maximum atomic E-state index is 13.9. The molecule has 3 rings (SSSR count). The van der Waals surface area contributed by atoms with E-state index in [-0.39, 0.29) is 34.3 Å². The highest BCUT2D eigenvalue weighted by molar-refractivity contribution is 6.31. The number of carbonyl (C=O) groups is 1. The van der Waals surface area contributed by atoms with Gasteiger partial charge in [-0.15, -0.1) is 10.2 Å². The Hall–Kier alpha value is -1.92. The summed E-state index contributed by atoms with van der Waals surface area (Å²) in [5.41, 5.74) is 5.89. The molecule has 2 aromatic rings. The predicted molar refractivity (Wildman–Crippen MR) is 81.7 cm³/mol. The number of hydrogen-bond donors (Lipinski definition) is 2. The van der Waals surface area contributed by atoms with Gasteiger partial charge in [0.05, 0.1) is 5.56 Å². The number of anilines is 1. The Morgan fingerprint density at radius 2 is 2.14 bits per heavy atom. The molecule has 3 N–H and O–H groups in total. The van der Waals surface area contributed by atoms with E-state index in [2.05, 4.69) is 15.5 Å². The van der Waals surface area contributed by atoms with E-state index in [1.165, 1.54) is 12.1 Å². The molecular weight excluding hydrogens is 330 g/mol. The van der Waals surface area contributed by atoms with E-state index in [1.54, 1.807) is 12.1 Å². The fraction of sp³-hybridized carbons (Fsp3) is 0.214. The van der Waals surface area contributed by atoms with Crippen LogP contribution in [0.3, 0.4) is 0 Å². The molecule has 1 aromatic carbocycles. The first-order chi connectivity index (χ1) is 10.5. The molecular formula is C14H11Cl2FN4O. The molecule has 1 fully saturated rings. The average Bonchev–Trinajstić information content (AvgIpc) is 3.19. The van der Waals surface area contributed by atoms with Crippen molar-refractivity contribution in [1.82, 2.24) is 10.2 Å². The van der Waals surface area contributed by atoms with Crippen LogP contribution >= 0.6 is 23.2 Å². The van der Waals surface area contributed by atoms with E-state index >= 15 is 0 Å². The fourth-order valence-electron chi connectivity index (χ4n) is 2.38. The molecule has 1 saturated carbocycles. The van der Waals surface area contributed by atoms with Gasteiger partial charge in [0.15, 0.2) is 11.0 Å². The second-order valence-electron chi connectivity index (χ2n) is 5.02. The summed E-state index contributed by atoms with van der Waals surface area (Å²) >= 11 is 11.8. The predicted octanol–water partition coefficient (Wildman–Crippen LogP) is 2.99. The van der Waals surface area contributed by atoms with Crippen LogP contribution in [0.1, 0.15) is 28.3 Å². The van der Waals surface area contributed by atoms with Crippen LogP contribution in [0.4, 0.5) is 10.2 Å². The van der Waals surface area contributed by atoms with Crippen molar-refractivity contribution in [3.8, 4) is 0 Å². The van der Waals surface area contributed by atoms with Crippen molar-refractivity contribution >= 4 is 34.9 Å². The number of amides is 1. The summed E-state index contributed by atoms with van der Waals surface area (Å²) in [6, 6.07) is 5.82. The van der Waals surface area contributed by atoms with Crippen LogP contribution in [-0.2, 0) is 0 Å². The standard InChI is InChI=1S/C14H11Cl2FN4O/c15-8-2-1-3-9(17)12(8)6-4-10(6)19-14-7(13(18)22)5-11(16)20-21-14/h1-3,5-6,10H,4H2,(H2,18,22)(H,19,21). The van der Waals surface area contributed by atoms with Gasteiger partial charge in [0.1, 0.15) is 5.82 Å². The van der Waals surface area contributed by atoms with Gasteiger partial charge in [0, 0.05) is 22.5 Å². The highest BCUT2D eigenvalue weighted by Gasteiger charge is 2.42. The van der Waals surface area contributed by atoms with Gasteiger partial charge in [-0.3, -0.25) is 4.79 Å². The zero-order chi connectivity index (χ0) is 15.9. The molecule has 1 amide bonds. The third-order valence-electron chi connectivity index (χ3n) is 3.51. The number of nitrogens with one attached hydrogen (secondary N) is 1. The third kappa shape index (κ3) is 2.84. The average molecular weight is 341 g/mol. The molecule has 8 heteroatoms. The van der Waals surface area contributed by atoms with Crippen LogP contribution in [0.2, 0.25) is 10.2 Å². The summed E-state index contributed by atoms with van der Waals surface area (Å²) in [5, 5.41) is 11.0. The van der Waals surface area contributed by atoms with Gasteiger partial charge in [-0.25, -0.2) is 4.39 Å². The Balaban J connectivity index is 1.81. The van der Waals surface area contributed by atoms with Gasteiger partial charge in [0.25, 0.3) is 5.91 Å². The quantitative estimate of drug-likeness (QED) is 0.896. The first kappa shape index (κ1) is 15.0. The molecule has 1 aliphatic carbocycles. The molecule has 2 unspecified atom stereocenters. The molecule has 0 bridgehead atoms. The monoisotopic (exact) mass is 340 g/mol. The minimum atomic E-state index is -0.666. The van der Waals surface area contributed by atoms with Crippen LogP contribution in [0, 0.1) is 5.82 Å². The number of rotatable bonds is 4. The molecule has 114 valence electrons. The lowest BCUT2D eigenvalue weighted by molar-refractivity contribution is 0.100. The van der Waals surface area contributed by atoms with Gasteiger partial charge < -0.3 is 11.1 Å². The normalized spacial score (nSPS) is 19.8. The SMILES string of the molecule is NC(=O)c1cc(Cl)nnc1NC1CC1c1c(F)cccc1Cl. The summed E-state index contributed by atoms with van der Waals surface area (Å²) < 4.78 is 13.9. The van der Waals surface area contributed by atoms with E-state index in [0.717, 1.165) is 0 Å². The number of benzene rings is 1. The summed E-state index contributed by atoms with van der Waals surface area (Å²) in [7, 11) is 0. The maximum absolute atomic E-state index is 13.9. The second kappa shape index (κ2) is 5.70. The number of aromatic nitrogens is 2. The van der Waals surface area contributed by atoms with E-state index < -0.39 is 5.91 Å². The van der Waals surface area contributed by atoms with Crippen molar-refractivity contribution in [3.05, 3.63) is 51.4 Å². The van der Waals surface area contributed by atoms with Crippen LogP contribution in [0.15, 0.2) is 24.3 Å². The zero-order valence-corrected chi connectivity index (χ0v) is 12.7. The Bertz CT molecular complexity index is 735. The summed E-state index contributed by atoms with van der Waals surface area (Å²) in [4.78, 5) is 11.4. The molecule has 0 radical (unpaired) electrons. The summed E-state index contributed by atoms with van der Waals surface area (Å²) in [6.07, 6.45) is 0.670. The van der Waals surface area contributed by atoms with Crippen LogP contribution in [0.25, 0.3) is 0 Å². The summed E-state index contributed by atoms with van der Waals surface area (Å²) in [6.45, 7) is 0. The number of carbonyl (C=O) groups excluding carboxylic acids is 1. The van der Waals surface area contributed by atoms with Gasteiger partial charge >= 0.3 is 0 Å². The number of nitrogens with two attached hydrogens (primary N) is 1. The number of halogens is 3. The first-order valence-corrected chi connectivity index (χ1v) is 7.26. The Morgan fingerprint density at radius 3 is 2.82 bits per heavy atom. The molecule has 1 heterocycles. The lowest BCUT2D eigenvalue weighted by atomic mass is 10.1. The van der Waals surface area contributed by atoms with E-state index in [0.29, 0.717) is 17.0 Å². The van der Waals surface area contributed by atoms with Crippen molar-refractivity contribution in [2.24, 2.45) is 5.73 Å². The van der Waals surface area contributed by atoms with Crippen molar-refractivity contribution in [3.63, 3.8) is 0 Å². The molecule has 0 aliphatic heterocycles. The largest absolute Gasteiger partial charge is 0.365 e. The van der Waals surface area contributed by atoms with E-state index in [9.17, 15) is 9.18 Å². The van der Waals surface area contributed by atoms with E-state index in [1.807, 2.05) is 0 Å². The Kier molecular flexibility index (Phi) is 3.88. The fourth-order valence-corrected chi connectivity index (χ4v) is 2.83. The maximum Gasteiger partial charge on any atom is 0.252 e. The minimum absolute atomic E-state index is 0.0730. The molecule has 5 nitrogen and oxygen atoms in total. The number of hydrogen-bond acceptors (Lipinski definition) is 4. The highest BCUT2D eigenvalue weighted by atomic mass is 35.5. The van der Waals surface area contributed by atoms with Gasteiger partial charge in [-0.05, 0) is 24.6 Å². The molecule has 22 heavy (non-hydrogen) atoms. The van der Waals surface area contributed by atoms with Crippen molar-refractivity contribution in [1.29, 1.82) is 0 Å². The molecule has 1 aromatic heterocycles. The van der Waals surface area contributed by atoms with Crippen molar-refractivity contribution in [2.45, 2.75) is 18.4 Å². The third-order valence-corrected chi connectivity index (χ3v) is 4.03. The minimum Gasteiger partial charge on any atom is -0.365 e. The van der Waals surface area contributed by atoms with Crippen LogP contribution < -0.4 is 11.1 Å². The van der Waals surface area contributed by atoms with Crippen LogP contribution in [-0.4, -0.2) is 22.1 Å². The topological polar surface area (TPSA) is 80.9 Å². The lowest BCUT2D eigenvalue weighted by Crippen LogP contribution is -2.17. The number of nitrogens with zero attached hydrogens (tertiary/aromatic N) is 2. The second-order valence-corrected chi connectivity index (χ2v) is 5.82.